The van der Waals surface area contributed by atoms with Gasteiger partial charge in [-0.05, 0) is 61.5 Å². The third-order valence-electron chi connectivity index (χ3n) is 5.15. The number of carbonyl (C=O) groups excluding carboxylic acids is 1. The molecule has 0 spiro atoms. The Balaban J connectivity index is 1.49. The highest BCUT2D eigenvalue weighted by atomic mass is 19.1. The van der Waals surface area contributed by atoms with Gasteiger partial charge in [0.15, 0.2) is 0 Å². The molecule has 3 aromatic carbocycles. The van der Waals surface area contributed by atoms with Gasteiger partial charge in [-0.2, -0.15) is 10.2 Å². The maximum absolute atomic E-state index is 13.4. The number of aromatic nitrogens is 5. The molecule has 2 aromatic heterocycles. The summed E-state index contributed by atoms with van der Waals surface area (Å²) in [6, 6.07) is 21.0. The summed E-state index contributed by atoms with van der Waals surface area (Å²) in [7, 11) is 0. The van der Waals surface area contributed by atoms with E-state index in [9.17, 15) is 9.18 Å². The number of nitrogens with zero attached hydrogens (tertiary/aromatic N) is 5. The van der Waals surface area contributed by atoms with E-state index in [0.717, 1.165) is 16.8 Å². The molecule has 0 aliphatic carbocycles. The molecule has 0 aliphatic heterocycles. The van der Waals surface area contributed by atoms with Crippen molar-refractivity contribution < 1.29 is 9.18 Å². The Labute approximate surface area is 189 Å². The third kappa shape index (κ3) is 4.27. The molecule has 0 fully saturated rings. The number of hydrogen-bond donors (Lipinski definition) is 1. The number of hydrogen-bond acceptors (Lipinski definition) is 4. The molecule has 0 saturated heterocycles. The van der Waals surface area contributed by atoms with Crippen molar-refractivity contribution in [2.45, 2.75) is 6.92 Å². The predicted molar refractivity (Wildman–Crippen MR) is 123 cm³/mol. The molecule has 1 amide bonds. The van der Waals surface area contributed by atoms with Crippen molar-refractivity contribution in [3.8, 4) is 22.6 Å². The summed E-state index contributed by atoms with van der Waals surface area (Å²) in [5.41, 5.74) is 4.94. The summed E-state index contributed by atoms with van der Waals surface area (Å²) in [4.78, 5) is 17.2. The van der Waals surface area contributed by atoms with Gasteiger partial charge < -0.3 is 5.32 Å². The van der Waals surface area contributed by atoms with Crippen LogP contribution in [0.3, 0.4) is 0 Å². The molecule has 7 nitrogen and oxygen atoms in total. The van der Waals surface area contributed by atoms with E-state index in [1.54, 1.807) is 46.2 Å². The van der Waals surface area contributed by atoms with Crippen LogP contribution in [-0.2, 0) is 0 Å². The molecule has 0 radical (unpaired) electrons. The molecule has 0 saturated carbocycles. The maximum Gasteiger partial charge on any atom is 0.259 e. The molecular weight excluding hydrogens is 419 g/mol. The SMILES string of the molecule is Cc1cccc(-c2nn(-c3ccc(F)cc3)cc2C(=O)Nc2ccc(-n3cncn3)cc2)c1. The van der Waals surface area contributed by atoms with Crippen LogP contribution in [0.15, 0.2) is 91.6 Å². The van der Waals surface area contributed by atoms with Crippen molar-refractivity contribution in [1.29, 1.82) is 0 Å². The average molecular weight is 438 g/mol. The Morgan fingerprint density at radius 3 is 2.36 bits per heavy atom. The van der Waals surface area contributed by atoms with E-state index in [4.69, 9.17) is 0 Å². The zero-order valence-electron chi connectivity index (χ0n) is 17.7. The first-order valence-corrected chi connectivity index (χ1v) is 10.3. The second-order valence-electron chi connectivity index (χ2n) is 7.52. The molecule has 33 heavy (non-hydrogen) atoms. The fourth-order valence-electron chi connectivity index (χ4n) is 3.51. The lowest BCUT2D eigenvalue weighted by Crippen LogP contribution is -2.12. The number of aryl methyl sites for hydroxylation is 1. The Bertz CT molecular complexity index is 1410. The maximum atomic E-state index is 13.4. The minimum Gasteiger partial charge on any atom is -0.322 e. The second kappa shape index (κ2) is 8.51. The lowest BCUT2D eigenvalue weighted by Gasteiger charge is -2.07. The van der Waals surface area contributed by atoms with E-state index >= 15 is 0 Å². The Kier molecular flexibility index (Phi) is 5.24. The lowest BCUT2D eigenvalue weighted by atomic mass is 10.1. The van der Waals surface area contributed by atoms with Crippen LogP contribution < -0.4 is 5.32 Å². The molecule has 5 rings (SSSR count). The van der Waals surface area contributed by atoms with Crippen molar-refractivity contribution >= 4 is 11.6 Å². The molecule has 0 bridgehead atoms. The highest BCUT2D eigenvalue weighted by Gasteiger charge is 2.19. The minimum atomic E-state index is -0.336. The number of halogens is 1. The van der Waals surface area contributed by atoms with Crippen LogP contribution in [0.5, 0.6) is 0 Å². The van der Waals surface area contributed by atoms with Gasteiger partial charge in [0.1, 0.15) is 24.2 Å². The summed E-state index contributed by atoms with van der Waals surface area (Å²) < 4.78 is 16.6. The van der Waals surface area contributed by atoms with E-state index in [2.05, 4.69) is 20.5 Å². The van der Waals surface area contributed by atoms with E-state index < -0.39 is 0 Å². The van der Waals surface area contributed by atoms with Crippen LogP contribution in [0.25, 0.3) is 22.6 Å². The highest BCUT2D eigenvalue weighted by molar-refractivity contribution is 6.08. The fraction of sp³-hybridized carbons (Fsp3) is 0.0400. The van der Waals surface area contributed by atoms with Crippen molar-refractivity contribution in [3.05, 3.63) is 109 Å². The summed E-state index contributed by atoms with van der Waals surface area (Å²) in [5.74, 6) is -0.634. The van der Waals surface area contributed by atoms with Crippen LogP contribution in [0.2, 0.25) is 0 Å². The molecule has 1 N–H and O–H groups in total. The van der Waals surface area contributed by atoms with Gasteiger partial charge in [-0.15, -0.1) is 0 Å². The highest BCUT2D eigenvalue weighted by Crippen LogP contribution is 2.26. The number of carbonyl (C=O) groups is 1. The number of rotatable bonds is 5. The molecule has 8 heteroatoms. The van der Waals surface area contributed by atoms with Crippen molar-refractivity contribution in [3.63, 3.8) is 0 Å². The summed E-state index contributed by atoms with van der Waals surface area (Å²) in [6.07, 6.45) is 4.72. The molecule has 0 unspecified atom stereocenters. The van der Waals surface area contributed by atoms with Crippen LogP contribution in [0.4, 0.5) is 10.1 Å². The molecule has 5 aromatic rings. The minimum absolute atomic E-state index is 0.298. The topological polar surface area (TPSA) is 77.6 Å². The van der Waals surface area contributed by atoms with E-state index in [1.807, 2.05) is 43.3 Å². The number of nitrogens with one attached hydrogen (secondary N) is 1. The molecule has 2 heterocycles. The smallest absolute Gasteiger partial charge is 0.259 e. The second-order valence-corrected chi connectivity index (χ2v) is 7.52. The first kappa shape index (κ1) is 20.3. The standard InChI is InChI=1S/C25H19FN6O/c1-17-3-2-4-18(13-17)24-23(14-31(30-24)21-9-5-19(26)6-10-21)25(33)29-20-7-11-22(12-8-20)32-16-27-15-28-32/h2-16H,1H3,(H,29,33). The number of anilines is 1. The van der Waals surface area contributed by atoms with Gasteiger partial charge >= 0.3 is 0 Å². The first-order valence-electron chi connectivity index (χ1n) is 10.3. The van der Waals surface area contributed by atoms with Crippen LogP contribution in [-0.4, -0.2) is 30.5 Å². The fourth-order valence-corrected chi connectivity index (χ4v) is 3.51. The van der Waals surface area contributed by atoms with Gasteiger partial charge in [-0.25, -0.2) is 18.7 Å². The van der Waals surface area contributed by atoms with E-state index in [0.29, 0.717) is 22.6 Å². The zero-order valence-corrected chi connectivity index (χ0v) is 17.7. The van der Waals surface area contributed by atoms with Gasteiger partial charge in [0.05, 0.1) is 16.9 Å². The number of benzene rings is 3. The predicted octanol–water partition coefficient (Wildman–Crippen LogP) is 4.82. The van der Waals surface area contributed by atoms with Gasteiger partial charge in [0.2, 0.25) is 0 Å². The first-order chi connectivity index (χ1) is 16.1. The third-order valence-corrected chi connectivity index (χ3v) is 5.15. The average Bonchev–Trinajstić information content (AvgIpc) is 3.51. The molecule has 0 atom stereocenters. The quantitative estimate of drug-likeness (QED) is 0.427. The summed E-state index contributed by atoms with van der Waals surface area (Å²) in [5, 5.41) is 11.7. The molecule has 162 valence electrons. The Morgan fingerprint density at radius 1 is 0.939 bits per heavy atom. The number of amides is 1. The van der Waals surface area contributed by atoms with Crippen molar-refractivity contribution in [2.75, 3.05) is 5.32 Å². The van der Waals surface area contributed by atoms with Gasteiger partial charge in [-0.3, -0.25) is 4.79 Å². The Hall–Kier alpha value is -4.59. The lowest BCUT2D eigenvalue weighted by molar-refractivity contribution is 0.102. The van der Waals surface area contributed by atoms with Crippen LogP contribution in [0.1, 0.15) is 15.9 Å². The molecule has 0 aliphatic rings. The summed E-state index contributed by atoms with van der Waals surface area (Å²) >= 11 is 0. The zero-order chi connectivity index (χ0) is 22.8. The monoisotopic (exact) mass is 438 g/mol. The van der Waals surface area contributed by atoms with Crippen LogP contribution in [0, 0.1) is 12.7 Å². The normalized spacial score (nSPS) is 10.8. The van der Waals surface area contributed by atoms with E-state index in [1.165, 1.54) is 18.5 Å². The Morgan fingerprint density at radius 2 is 1.67 bits per heavy atom. The van der Waals surface area contributed by atoms with E-state index in [-0.39, 0.29) is 11.7 Å². The van der Waals surface area contributed by atoms with Crippen LogP contribution >= 0.6 is 0 Å². The largest absolute Gasteiger partial charge is 0.322 e. The van der Waals surface area contributed by atoms with Gasteiger partial charge in [0, 0.05) is 17.4 Å². The van der Waals surface area contributed by atoms with Crippen molar-refractivity contribution in [1.82, 2.24) is 24.5 Å². The van der Waals surface area contributed by atoms with Crippen molar-refractivity contribution in [2.24, 2.45) is 0 Å². The van der Waals surface area contributed by atoms with Gasteiger partial charge in [-0.1, -0.05) is 23.8 Å². The summed E-state index contributed by atoms with van der Waals surface area (Å²) in [6.45, 7) is 1.98. The molecular formula is C25H19FN6O. The van der Waals surface area contributed by atoms with Gasteiger partial charge in [0.25, 0.3) is 5.91 Å².